The summed E-state index contributed by atoms with van der Waals surface area (Å²) in [6, 6.07) is 2.58. The van der Waals surface area contributed by atoms with Crippen molar-refractivity contribution >= 4 is 11.7 Å². The molecule has 0 saturated carbocycles. The first-order chi connectivity index (χ1) is 10.1. The lowest BCUT2D eigenvalue weighted by Crippen LogP contribution is -2.32. The average molecular weight is 318 g/mol. The molecule has 124 valence electrons. The Morgan fingerprint density at radius 2 is 1.95 bits per heavy atom. The molecule has 2 amide bonds. The van der Waals surface area contributed by atoms with Crippen molar-refractivity contribution in [1.29, 1.82) is 0 Å². The Labute approximate surface area is 127 Å². The van der Waals surface area contributed by atoms with Crippen LogP contribution in [0.5, 0.6) is 0 Å². The third kappa shape index (κ3) is 5.55. The van der Waals surface area contributed by atoms with Gasteiger partial charge >= 0.3 is 12.2 Å². The highest BCUT2D eigenvalue weighted by molar-refractivity contribution is 5.90. The number of halogens is 3. The quantitative estimate of drug-likeness (QED) is 0.777. The van der Waals surface area contributed by atoms with Gasteiger partial charge in [0.15, 0.2) is 0 Å². The lowest BCUT2D eigenvalue weighted by molar-refractivity contribution is -0.137. The summed E-state index contributed by atoms with van der Waals surface area (Å²) in [5.74, 6) is 0.0792. The van der Waals surface area contributed by atoms with Gasteiger partial charge in [-0.05, 0) is 37.0 Å². The van der Waals surface area contributed by atoms with E-state index in [1.165, 1.54) is 6.07 Å². The Morgan fingerprint density at radius 3 is 2.50 bits per heavy atom. The average Bonchev–Trinajstić information content (AvgIpc) is 2.39. The lowest BCUT2D eigenvalue weighted by Gasteiger charge is -2.16. The molecule has 3 N–H and O–H groups in total. The van der Waals surface area contributed by atoms with Crippen molar-refractivity contribution in [3.63, 3.8) is 0 Å². The first kappa shape index (κ1) is 18.3. The van der Waals surface area contributed by atoms with Crippen LogP contribution in [0.4, 0.5) is 23.7 Å². The molecule has 0 bridgehead atoms. The number of aliphatic hydroxyl groups is 1. The third-order valence-corrected chi connectivity index (χ3v) is 3.31. The smallest absolute Gasteiger partial charge is 0.393 e. The molecule has 0 radical (unpaired) electrons. The number of amides is 2. The van der Waals surface area contributed by atoms with Crippen LogP contribution in [0.25, 0.3) is 0 Å². The number of urea groups is 1. The van der Waals surface area contributed by atoms with Gasteiger partial charge in [-0.2, -0.15) is 13.2 Å². The number of hydrogen-bond donors (Lipinski definition) is 3. The van der Waals surface area contributed by atoms with Crippen LogP contribution in [-0.2, 0) is 6.18 Å². The zero-order valence-electron chi connectivity index (χ0n) is 12.8. The van der Waals surface area contributed by atoms with E-state index in [1.54, 1.807) is 6.92 Å². The van der Waals surface area contributed by atoms with Crippen LogP contribution in [0, 0.1) is 12.8 Å². The predicted molar refractivity (Wildman–Crippen MR) is 78.7 cm³/mol. The molecule has 0 fully saturated rings. The fourth-order valence-corrected chi connectivity index (χ4v) is 1.77. The number of nitrogens with one attached hydrogen (secondary N) is 2. The van der Waals surface area contributed by atoms with Crippen LogP contribution in [0.1, 0.15) is 31.4 Å². The van der Waals surface area contributed by atoms with Crippen LogP contribution >= 0.6 is 0 Å². The van der Waals surface area contributed by atoms with Crippen molar-refractivity contribution < 1.29 is 23.1 Å². The number of alkyl halides is 3. The molecular weight excluding hydrogens is 297 g/mol. The van der Waals surface area contributed by atoms with E-state index in [0.717, 1.165) is 12.1 Å². The molecule has 1 aromatic rings. The number of carbonyl (C=O) groups is 1. The fourth-order valence-electron chi connectivity index (χ4n) is 1.77. The topological polar surface area (TPSA) is 61.4 Å². The molecule has 1 aromatic carbocycles. The second-order valence-electron chi connectivity index (χ2n) is 5.51. The van der Waals surface area contributed by atoms with Gasteiger partial charge in [-0.25, -0.2) is 4.79 Å². The van der Waals surface area contributed by atoms with Gasteiger partial charge in [0.05, 0.1) is 11.7 Å². The molecule has 7 heteroatoms. The van der Waals surface area contributed by atoms with Crippen LogP contribution < -0.4 is 10.6 Å². The van der Waals surface area contributed by atoms with Gasteiger partial charge < -0.3 is 15.7 Å². The summed E-state index contributed by atoms with van der Waals surface area (Å²) < 4.78 is 37.9. The number of benzene rings is 1. The van der Waals surface area contributed by atoms with E-state index in [0.29, 0.717) is 12.0 Å². The Morgan fingerprint density at radius 1 is 1.32 bits per heavy atom. The first-order valence-corrected chi connectivity index (χ1v) is 7.02. The van der Waals surface area contributed by atoms with Crippen molar-refractivity contribution in [3.8, 4) is 0 Å². The second-order valence-corrected chi connectivity index (χ2v) is 5.51. The molecular formula is C15H21F3N2O2. The maximum Gasteiger partial charge on any atom is 0.416 e. The van der Waals surface area contributed by atoms with Gasteiger partial charge in [0.1, 0.15) is 0 Å². The molecule has 0 aliphatic heterocycles. The molecule has 0 aliphatic carbocycles. The summed E-state index contributed by atoms with van der Waals surface area (Å²) >= 11 is 0. The summed E-state index contributed by atoms with van der Waals surface area (Å²) in [5.41, 5.74) is -0.175. The van der Waals surface area contributed by atoms with Crippen molar-refractivity contribution in [1.82, 2.24) is 5.32 Å². The number of hydrogen-bond acceptors (Lipinski definition) is 2. The lowest BCUT2D eigenvalue weighted by atomic mass is 10.0. The monoisotopic (exact) mass is 318 g/mol. The Kier molecular flexibility index (Phi) is 6.22. The molecule has 0 heterocycles. The van der Waals surface area contributed by atoms with Gasteiger partial charge in [-0.15, -0.1) is 0 Å². The Hall–Kier alpha value is -1.76. The van der Waals surface area contributed by atoms with Crippen LogP contribution in [0.2, 0.25) is 0 Å². The highest BCUT2D eigenvalue weighted by Gasteiger charge is 2.30. The van der Waals surface area contributed by atoms with Gasteiger partial charge in [0.2, 0.25) is 0 Å². The van der Waals surface area contributed by atoms with E-state index < -0.39 is 23.9 Å². The van der Waals surface area contributed by atoms with E-state index >= 15 is 0 Å². The Bertz CT molecular complexity index is 516. The zero-order valence-corrected chi connectivity index (χ0v) is 12.8. The second kappa shape index (κ2) is 7.49. The summed E-state index contributed by atoms with van der Waals surface area (Å²) in [7, 11) is 0. The molecule has 0 aromatic heterocycles. The number of aliphatic hydroxyl groups excluding tert-OH is 1. The zero-order chi connectivity index (χ0) is 16.9. The highest BCUT2D eigenvalue weighted by atomic mass is 19.4. The third-order valence-electron chi connectivity index (χ3n) is 3.31. The summed E-state index contributed by atoms with van der Waals surface area (Å²) in [6.45, 7) is 5.56. The van der Waals surface area contributed by atoms with Gasteiger partial charge in [-0.3, -0.25) is 0 Å². The van der Waals surface area contributed by atoms with Crippen LogP contribution in [-0.4, -0.2) is 23.8 Å². The molecule has 1 rings (SSSR count). The molecule has 4 nitrogen and oxygen atoms in total. The summed E-state index contributed by atoms with van der Waals surface area (Å²) in [5, 5.41) is 14.5. The fraction of sp³-hybridized carbons (Fsp3) is 0.533. The van der Waals surface area contributed by atoms with Crippen molar-refractivity contribution in [2.75, 3.05) is 11.9 Å². The number of rotatable bonds is 5. The van der Waals surface area contributed by atoms with E-state index in [9.17, 15) is 23.1 Å². The minimum atomic E-state index is -4.46. The van der Waals surface area contributed by atoms with Crippen molar-refractivity contribution in [3.05, 3.63) is 29.3 Å². The normalized spacial score (nSPS) is 13.1. The maximum absolute atomic E-state index is 12.6. The largest absolute Gasteiger partial charge is 0.416 e. The van der Waals surface area contributed by atoms with E-state index in [1.807, 2.05) is 13.8 Å². The van der Waals surface area contributed by atoms with Gasteiger partial charge in [0.25, 0.3) is 0 Å². The minimum absolute atomic E-state index is 0.0792. The molecule has 22 heavy (non-hydrogen) atoms. The van der Waals surface area contributed by atoms with Crippen molar-refractivity contribution in [2.24, 2.45) is 5.92 Å². The molecule has 0 aliphatic rings. The molecule has 0 saturated heterocycles. The summed E-state index contributed by atoms with van der Waals surface area (Å²) in [4.78, 5) is 11.7. The van der Waals surface area contributed by atoms with Crippen molar-refractivity contribution in [2.45, 2.75) is 39.5 Å². The van der Waals surface area contributed by atoms with E-state index in [2.05, 4.69) is 10.6 Å². The van der Waals surface area contributed by atoms with E-state index in [-0.39, 0.29) is 18.2 Å². The molecule has 1 atom stereocenters. The number of aryl methyl sites for hydroxylation is 1. The Balaban J connectivity index is 2.61. The van der Waals surface area contributed by atoms with Gasteiger partial charge in [0, 0.05) is 12.2 Å². The molecule has 1 unspecified atom stereocenters. The number of anilines is 1. The van der Waals surface area contributed by atoms with E-state index in [4.69, 9.17) is 0 Å². The number of carbonyl (C=O) groups excluding carboxylic acids is 1. The molecule has 0 spiro atoms. The maximum atomic E-state index is 12.6. The van der Waals surface area contributed by atoms with Crippen LogP contribution in [0.15, 0.2) is 18.2 Å². The SMILES string of the molecule is Cc1ccc(C(F)(F)F)cc1NC(=O)NCCC(O)C(C)C. The first-order valence-electron chi connectivity index (χ1n) is 7.02. The predicted octanol–water partition coefficient (Wildman–Crippen LogP) is 3.54. The minimum Gasteiger partial charge on any atom is -0.393 e. The summed E-state index contributed by atoms with van der Waals surface area (Å²) in [6.07, 6.45) is -4.61. The standard InChI is InChI=1S/C15H21F3N2O2/c1-9(2)13(21)6-7-19-14(22)20-12-8-11(15(16,17)18)5-4-10(12)3/h4-5,8-9,13,21H,6-7H2,1-3H3,(H2,19,20,22). The van der Waals surface area contributed by atoms with Gasteiger partial charge in [-0.1, -0.05) is 19.9 Å². The highest BCUT2D eigenvalue weighted by Crippen LogP contribution is 2.31. The van der Waals surface area contributed by atoms with Crippen LogP contribution in [0.3, 0.4) is 0 Å².